The third kappa shape index (κ3) is 4.19. The summed E-state index contributed by atoms with van der Waals surface area (Å²) in [7, 11) is 0. The van der Waals surface area contributed by atoms with Crippen molar-refractivity contribution in [3.63, 3.8) is 0 Å². The number of nitrogens with one attached hydrogen (secondary N) is 1. The molecule has 1 aromatic carbocycles. The van der Waals surface area contributed by atoms with E-state index < -0.39 is 6.04 Å². The average molecular weight is 234 g/mol. The van der Waals surface area contributed by atoms with Gasteiger partial charge in [0.15, 0.2) is 0 Å². The van der Waals surface area contributed by atoms with Crippen molar-refractivity contribution >= 4 is 5.91 Å². The number of aryl methyl sites for hydroxylation is 1. The molecule has 0 radical (unpaired) electrons. The van der Waals surface area contributed by atoms with E-state index in [2.05, 4.69) is 24.4 Å². The molecule has 1 atom stereocenters. The van der Waals surface area contributed by atoms with Crippen LogP contribution in [0.2, 0.25) is 0 Å². The van der Waals surface area contributed by atoms with Crippen molar-refractivity contribution in [3.8, 4) is 0 Å². The Bertz CT molecular complexity index is 357. The SMILES string of the molecule is CCc1ccc(CNC(=O)[C@H](N)C(C)C)cc1. The Morgan fingerprint density at radius 3 is 2.24 bits per heavy atom. The van der Waals surface area contributed by atoms with Crippen LogP contribution in [-0.2, 0) is 17.8 Å². The Labute approximate surface area is 103 Å². The molecule has 0 bridgehead atoms. The van der Waals surface area contributed by atoms with E-state index in [0.29, 0.717) is 6.54 Å². The normalized spacial score (nSPS) is 12.5. The van der Waals surface area contributed by atoms with Gasteiger partial charge in [0.1, 0.15) is 0 Å². The van der Waals surface area contributed by atoms with Gasteiger partial charge in [-0.1, -0.05) is 45.0 Å². The zero-order valence-electron chi connectivity index (χ0n) is 10.9. The highest BCUT2D eigenvalue weighted by atomic mass is 16.2. The second-order valence-corrected chi connectivity index (χ2v) is 4.66. The summed E-state index contributed by atoms with van der Waals surface area (Å²) in [6, 6.07) is 7.83. The van der Waals surface area contributed by atoms with Crippen LogP contribution >= 0.6 is 0 Å². The predicted molar refractivity (Wildman–Crippen MR) is 70.5 cm³/mol. The van der Waals surface area contributed by atoms with Crippen LogP contribution in [0.1, 0.15) is 31.9 Å². The number of nitrogens with two attached hydrogens (primary N) is 1. The van der Waals surface area contributed by atoms with E-state index in [0.717, 1.165) is 12.0 Å². The van der Waals surface area contributed by atoms with E-state index in [4.69, 9.17) is 5.73 Å². The fourth-order valence-electron chi connectivity index (χ4n) is 1.50. The van der Waals surface area contributed by atoms with Gasteiger partial charge in [-0.15, -0.1) is 0 Å². The van der Waals surface area contributed by atoms with Crippen LogP contribution in [0.3, 0.4) is 0 Å². The molecule has 1 aromatic rings. The van der Waals surface area contributed by atoms with Gasteiger partial charge in [-0.25, -0.2) is 0 Å². The maximum absolute atomic E-state index is 11.6. The third-order valence-corrected chi connectivity index (χ3v) is 2.92. The molecular weight excluding hydrogens is 212 g/mol. The van der Waals surface area contributed by atoms with Crippen LogP contribution < -0.4 is 11.1 Å². The number of hydrogen-bond donors (Lipinski definition) is 2. The summed E-state index contributed by atoms with van der Waals surface area (Å²) in [5.74, 6) is 0.0806. The minimum atomic E-state index is -0.426. The standard InChI is InChI=1S/C14H22N2O/c1-4-11-5-7-12(8-6-11)9-16-14(17)13(15)10(2)3/h5-8,10,13H,4,9,15H2,1-3H3,(H,16,17)/t13-/m1/s1. The van der Waals surface area contributed by atoms with Crippen molar-refractivity contribution in [2.24, 2.45) is 11.7 Å². The molecule has 1 rings (SSSR count). The van der Waals surface area contributed by atoms with Crippen LogP contribution in [0.25, 0.3) is 0 Å². The minimum absolute atomic E-state index is 0.0837. The largest absolute Gasteiger partial charge is 0.351 e. The molecule has 3 nitrogen and oxygen atoms in total. The van der Waals surface area contributed by atoms with Crippen molar-refractivity contribution in [2.45, 2.75) is 39.8 Å². The van der Waals surface area contributed by atoms with Gasteiger partial charge in [-0.2, -0.15) is 0 Å². The summed E-state index contributed by atoms with van der Waals surface area (Å²) >= 11 is 0. The van der Waals surface area contributed by atoms with E-state index in [1.807, 2.05) is 26.0 Å². The highest BCUT2D eigenvalue weighted by Gasteiger charge is 2.16. The predicted octanol–water partition coefficient (Wildman–Crippen LogP) is 1.85. The maximum Gasteiger partial charge on any atom is 0.237 e. The van der Waals surface area contributed by atoms with Crippen LogP contribution in [-0.4, -0.2) is 11.9 Å². The minimum Gasteiger partial charge on any atom is -0.351 e. The molecule has 0 saturated heterocycles. The molecule has 0 unspecified atom stereocenters. The molecule has 0 aliphatic heterocycles. The van der Waals surface area contributed by atoms with E-state index in [1.54, 1.807) is 0 Å². The first-order valence-corrected chi connectivity index (χ1v) is 6.15. The molecule has 94 valence electrons. The number of benzene rings is 1. The number of carbonyl (C=O) groups excluding carboxylic acids is 1. The van der Waals surface area contributed by atoms with Gasteiger partial charge < -0.3 is 11.1 Å². The monoisotopic (exact) mass is 234 g/mol. The van der Waals surface area contributed by atoms with Crippen molar-refractivity contribution in [1.29, 1.82) is 0 Å². The Balaban J connectivity index is 2.47. The molecule has 0 aromatic heterocycles. The van der Waals surface area contributed by atoms with Gasteiger partial charge >= 0.3 is 0 Å². The van der Waals surface area contributed by atoms with Gasteiger partial charge in [0.2, 0.25) is 5.91 Å². The summed E-state index contributed by atoms with van der Waals surface area (Å²) in [4.78, 5) is 11.6. The Morgan fingerprint density at radius 1 is 1.24 bits per heavy atom. The first-order chi connectivity index (χ1) is 8.04. The molecule has 0 fully saturated rings. The lowest BCUT2D eigenvalue weighted by molar-refractivity contribution is -0.123. The lowest BCUT2D eigenvalue weighted by Gasteiger charge is -2.15. The average Bonchev–Trinajstić information content (AvgIpc) is 2.35. The lowest BCUT2D eigenvalue weighted by Crippen LogP contribution is -2.43. The fourth-order valence-corrected chi connectivity index (χ4v) is 1.50. The summed E-state index contributed by atoms with van der Waals surface area (Å²) in [6.07, 6.45) is 1.03. The summed E-state index contributed by atoms with van der Waals surface area (Å²) in [6.45, 7) is 6.56. The van der Waals surface area contributed by atoms with E-state index in [1.165, 1.54) is 5.56 Å². The van der Waals surface area contributed by atoms with Crippen LogP contribution in [0.15, 0.2) is 24.3 Å². The van der Waals surface area contributed by atoms with Crippen LogP contribution in [0.5, 0.6) is 0 Å². The van der Waals surface area contributed by atoms with Crippen LogP contribution in [0, 0.1) is 5.92 Å². The molecule has 17 heavy (non-hydrogen) atoms. The second-order valence-electron chi connectivity index (χ2n) is 4.66. The number of hydrogen-bond acceptors (Lipinski definition) is 2. The van der Waals surface area contributed by atoms with Gasteiger partial charge in [-0.05, 0) is 23.5 Å². The molecule has 1 amide bonds. The maximum atomic E-state index is 11.6. The highest BCUT2D eigenvalue weighted by Crippen LogP contribution is 2.05. The quantitative estimate of drug-likeness (QED) is 0.817. The topological polar surface area (TPSA) is 55.1 Å². The molecule has 0 aliphatic carbocycles. The summed E-state index contributed by atoms with van der Waals surface area (Å²) in [5, 5.41) is 2.85. The summed E-state index contributed by atoms with van der Waals surface area (Å²) < 4.78 is 0. The van der Waals surface area contributed by atoms with E-state index in [-0.39, 0.29) is 11.8 Å². The van der Waals surface area contributed by atoms with Crippen molar-refractivity contribution in [3.05, 3.63) is 35.4 Å². The molecule has 3 N–H and O–H groups in total. The zero-order chi connectivity index (χ0) is 12.8. The molecule has 0 aliphatic rings. The first-order valence-electron chi connectivity index (χ1n) is 6.15. The fraction of sp³-hybridized carbons (Fsp3) is 0.500. The smallest absolute Gasteiger partial charge is 0.237 e. The van der Waals surface area contributed by atoms with E-state index >= 15 is 0 Å². The van der Waals surface area contributed by atoms with Gasteiger partial charge in [0.05, 0.1) is 6.04 Å². The van der Waals surface area contributed by atoms with Crippen LogP contribution in [0.4, 0.5) is 0 Å². The molecule has 0 heterocycles. The highest BCUT2D eigenvalue weighted by molar-refractivity contribution is 5.81. The van der Waals surface area contributed by atoms with E-state index in [9.17, 15) is 4.79 Å². The molecule has 0 saturated carbocycles. The Kier molecular flexibility index (Phi) is 5.16. The van der Waals surface area contributed by atoms with Crippen molar-refractivity contribution in [1.82, 2.24) is 5.32 Å². The van der Waals surface area contributed by atoms with Gasteiger partial charge in [0.25, 0.3) is 0 Å². The zero-order valence-corrected chi connectivity index (χ0v) is 10.9. The summed E-state index contributed by atoms with van der Waals surface area (Å²) in [5.41, 5.74) is 8.17. The number of rotatable bonds is 5. The van der Waals surface area contributed by atoms with Crippen molar-refractivity contribution in [2.75, 3.05) is 0 Å². The third-order valence-electron chi connectivity index (χ3n) is 2.92. The molecule has 0 spiro atoms. The Morgan fingerprint density at radius 2 is 1.76 bits per heavy atom. The van der Waals surface area contributed by atoms with Gasteiger partial charge in [-0.3, -0.25) is 4.79 Å². The van der Waals surface area contributed by atoms with Crippen molar-refractivity contribution < 1.29 is 4.79 Å². The second kappa shape index (κ2) is 6.40. The lowest BCUT2D eigenvalue weighted by atomic mass is 10.0. The molecular formula is C14H22N2O. The molecule has 3 heteroatoms. The Hall–Kier alpha value is -1.35. The number of carbonyl (C=O) groups is 1. The number of amides is 1. The first kappa shape index (κ1) is 13.7. The van der Waals surface area contributed by atoms with Gasteiger partial charge in [0, 0.05) is 6.54 Å².